The highest BCUT2D eigenvalue weighted by Crippen LogP contribution is 2.40. The molecule has 3 nitrogen and oxygen atoms in total. The predicted octanol–water partition coefficient (Wildman–Crippen LogP) is 4.36. The molecule has 0 radical (unpaired) electrons. The van der Waals surface area contributed by atoms with Gasteiger partial charge in [0.1, 0.15) is 0 Å². The van der Waals surface area contributed by atoms with Crippen molar-refractivity contribution in [2.45, 2.75) is 72.2 Å². The van der Waals surface area contributed by atoms with Gasteiger partial charge < -0.3 is 14.2 Å². The van der Waals surface area contributed by atoms with E-state index in [4.69, 9.17) is 14.2 Å². The van der Waals surface area contributed by atoms with Crippen LogP contribution in [0.1, 0.15) is 66.2 Å². The van der Waals surface area contributed by atoms with Crippen molar-refractivity contribution in [3.05, 3.63) is 0 Å². The summed E-state index contributed by atoms with van der Waals surface area (Å²) in [5.74, 6) is 0.472. The van der Waals surface area contributed by atoms with Gasteiger partial charge in [-0.25, -0.2) is 0 Å². The first-order valence-electron chi connectivity index (χ1n) is 8.14. The Kier molecular flexibility index (Phi) is 7.96. The second kappa shape index (κ2) is 8.93. The first-order valence-corrected chi connectivity index (χ1v) is 8.14. The quantitative estimate of drug-likeness (QED) is 0.584. The van der Waals surface area contributed by atoms with Crippen molar-refractivity contribution in [2.75, 3.05) is 19.8 Å². The van der Waals surface area contributed by atoms with E-state index < -0.39 is 5.97 Å². The maximum absolute atomic E-state index is 5.90. The highest BCUT2D eigenvalue weighted by Gasteiger charge is 2.43. The summed E-state index contributed by atoms with van der Waals surface area (Å²) in [5, 5.41) is 0. The van der Waals surface area contributed by atoms with Gasteiger partial charge in [0.15, 0.2) is 0 Å². The van der Waals surface area contributed by atoms with E-state index in [1.165, 1.54) is 25.7 Å². The van der Waals surface area contributed by atoms with E-state index >= 15 is 0 Å². The molecule has 0 aliphatic heterocycles. The lowest BCUT2D eigenvalue weighted by Gasteiger charge is -2.42. The molecule has 0 spiro atoms. The smallest absolute Gasteiger partial charge is 0.285 e. The third kappa shape index (κ3) is 4.73. The van der Waals surface area contributed by atoms with Gasteiger partial charge in [-0.3, -0.25) is 0 Å². The van der Waals surface area contributed by atoms with E-state index in [1.807, 2.05) is 20.8 Å². The van der Waals surface area contributed by atoms with Gasteiger partial charge in [-0.2, -0.15) is 0 Å². The lowest BCUT2D eigenvalue weighted by Crippen LogP contribution is -2.48. The Morgan fingerprint density at radius 1 is 0.789 bits per heavy atom. The van der Waals surface area contributed by atoms with Crippen molar-refractivity contribution in [3.63, 3.8) is 0 Å². The molecular weight excluding hydrogens is 240 g/mol. The monoisotopic (exact) mass is 272 g/mol. The van der Waals surface area contributed by atoms with Crippen LogP contribution in [0.15, 0.2) is 0 Å². The first-order chi connectivity index (χ1) is 9.22. The molecule has 0 aromatic rings. The van der Waals surface area contributed by atoms with Gasteiger partial charge in [0.05, 0.1) is 0 Å². The zero-order valence-electron chi connectivity index (χ0n) is 13.2. The van der Waals surface area contributed by atoms with Crippen LogP contribution in [0.4, 0.5) is 0 Å². The van der Waals surface area contributed by atoms with Gasteiger partial charge in [-0.15, -0.1) is 0 Å². The Balaban J connectivity index is 2.64. The molecule has 0 N–H and O–H groups in total. The maximum atomic E-state index is 5.90. The minimum absolute atomic E-state index is 0.375. The summed E-state index contributed by atoms with van der Waals surface area (Å²) in [6.45, 7) is 10.2. The number of hydrogen-bond acceptors (Lipinski definition) is 3. The molecule has 1 rings (SSSR count). The fourth-order valence-electron chi connectivity index (χ4n) is 3.30. The molecule has 0 aromatic carbocycles. The summed E-state index contributed by atoms with van der Waals surface area (Å²) in [6.07, 6.45) is 7.54. The molecule has 114 valence electrons. The molecule has 1 fully saturated rings. The van der Waals surface area contributed by atoms with Crippen LogP contribution in [0.5, 0.6) is 0 Å². The lowest BCUT2D eigenvalue weighted by atomic mass is 9.79. The Morgan fingerprint density at radius 2 is 1.26 bits per heavy atom. The molecule has 0 atom stereocenters. The van der Waals surface area contributed by atoms with E-state index in [1.54, 1.807) is 0 Å². The largest absolute Gasteiger partial charge is 0.328 e. The third-order valence-electron chi connectivity index (χ3n) is 4.08. The van der Waals surface area contributed by atoms with E-state index in [9.17, 15) is 0 Å². The molecule has 0 unspecified atom stereocenters. The maximum Gasteiger partial charge on any atom is 0.285 e. The molecule has 19 heavy (non-hydrogen) atoms. The predicted molar refractivity (Wildman–Crippen MR) is 78.0 cm³/mol. The fourth-order valence-corrected chi connectivity index (χ4v) is 3.30. The van der Waals surface area contributed by atoms with Gasteiger partial charge in [0.2, 0.25) is 0 Å². The molecule has 0 bridgehead atoms. The molecule has 0 heterocycles. The SMILES string of the molecule is CCCC1CCC(C(OCC)(OCC)OCC)CC1. The van der Waals surface area contributed by atoms with Crippen molar-refractivity contribution in [1.29, 1.82) is 0 Å². The zero-order valence-corrected chi connectivity index (χ0v) is 13.2. The van der Waals surface area contributed by atoms with Crippen LogP contribution < -0.4 is 0 Å². The van der Waals surface area contributed by atoms with Gasteiger partial charge in [0.25, 0.3) is 5.97 Å². The summed E-state index contributed by atoms with van der Waals surface area (Å²) in [5.41, 5.74) is 0. The summed E-state index contributed by atoms with van der Waals surface area (Å²) in [4.78, 5) is 0. The standard InChI is InChI=1S/C16H32O3/c1-5-9-14-10-12-15(13-11-14)16(17-6-2,18-7-3)19-8-4/h14-15H,5-13H2,1-4H3. The molecule has 0 saturated heterocycles. The van der Waals surface area contributed by atoms with Crippen LogP contribution >= 0.6 is 0 Å². The molecule has 1 aliphatic rings. The van der Waals surface area contributed by atoms with E-state index in [2.05, 4.69) is 6.92 Å². The summed E-state index contributed by atoms with van der Waals surface area (Å²) >= 11 is 0. The topological polar surface area (TPSA) is 27.7 Å². The number of rotatable bonds is 9. The molecule has 1 saturated carbocycles. The molecule has 3 heteroatoms. The third-order valence-corrected chi connectivity index (χ3v) is 4.08. The Labute approximate surface area is 119 Å². The van der Waals surface area contributed by atoms with E-state index in [-0.39, 0.29) is 0 Å². The first kappa shape index (κ1) is 16.9. The lowest BCUT2D eigenvalue weighted by molar-refractivity contribution is -0.405. The van der Waals surface area contributed by atoms with Gasteiger partial charge >= 0.3 is 0 Å². The minimum atomic E-state index is -0.796. The van der Waals surface area contributed by atoms with Crippen molar-refractivity contribution < 1.29 is 14.2 Å². The normalized spacial score (nSPS) is 24.6. The van der Waals surface area contributed by atoms with Gasteiger partial charge in [0, 0.05) is 25.7 Å². The van der Waals surface area contributed by atoms with Crippen molar-refractivity contribution >= 4 is 0 Å². The Morgan fingerprint density at radius 3 is 1.63 bits per heavy atom. The van der Waals surface area contributed by atoms with Crippen LogP contribution in [0, 0.1) is 11.8 Å². The van der Waals surface area contributed by atoms with Crippen molar-refractivity contribution in [3.8, 4) is 0 Å². The zero-order chi connectivity index (χ0) is 14.1. The highest BCUT2D eigenvalue weighted by atomic mass is 16.9. The van der Waals surface area contributed by atoms with E-state index in [0.717, 1.165) is 18.8 Å². The van der Waals surface area contributed by atoms with Crippen LogP contribution in [-0.2, 0) is 14.2 Å². The Bertz CT molecular complexity index is 205. The van der Waals surface area contributed by atoms with Crippen LogP contribution in [0.3, 0.4) is 0 Å². The van der Waals surface area contributed by atoms with Crippen LogP contribution in [0.2, 0.25) is 0 Å². The van der Waals surface area contributed by atoms with Crippen molar-refractivity contribution in [1.82, 2.24) is 0 Å². The average Bonchev–Trinajstić information content (AvgIpc) is 2.41. The van der Waals surface area contributed by atoms with Gasteiger partial charge in [-0.1, -0.05) is 19.8 Å². The fraction of sp³-hybridized carbons (Fsp3) is 1.00. The minimum Gasteiger partial charge on any atom is -0.328 e. The highest BCUT2D eigenvalue weighted by molar-refractivity contribution is 4.79. The summed E-state index contributed by atoms with van der Waals surface area (Å²) < 4.78 is 17.7. The van der Waals surface area contributed by atoms with Crippen LogP contribution in [0.25, 0.3) is 0 Å². The average molecular weight is 272 g/mol. The molecular formula is C16H32O3. The molecule has 0 aromatic heterocycles. The molecule has 0 amide bonds. The second-order valence-electron chi connectivity index (χ2n) is 5.41. The summed E-state index contributed by atoms with van der Waals surface area (Å²) in [6, 6.07) is 0. The molecule has 1 aliphatic carbocycles. The van der Waals surface area contributed by atoms with Gasteiger partial charge in [-0.05, 0) is 52.4 Å². The Hall–Kier alpha value is -0.120. The number of hydrogen-bond donors (Lipinski definition) is 0. The van der Waals surface area contributed by atoms with E-state index in [0.29, 0.717) is 25.7 Å². The van der Waals surface area contributed by atoms with Crippen LogP contribution in [-0.4, -0.2) is 25.8 Å². The van der Waals surface area contributed by atoms with Crippen molar-refractivity contribution in [2.24, 2.45) is 11.8 Å². The second-order valence-corrected chi connectivity index (χ2v) is 5.41. The number of ether oxygens (including phenoxy) is 3. The summed E-state index contributed by atoms with van der Waals surface area (Å²) in [7, 11) is 0.